The van der Waals surface area contributed by atoms with Crippen LogP contribution in [0.5, 0.6) is 0 Å². The number of nitrogens with one attached hydrogen (secondary N) is 2. The average Bonchev–Trinajstić information content (AvgIpc) is 2.75. The molecule has 206 valence electrons. The number of carboxylic acids is 4. The fraction of sp³-hybridized carbons (Fsp3) is 0.714. The van der Waals surface area contributed by atoms with Crippen LogP contribution in [0.4, 0.5) is 0 Å². The molecule has 0 aliphatic carbocycles. The first kappa shape index (κ1) is 32.7. The van der Waals surface area contributed by atoms with Crippen molar-refractivity contribution in [3.8, 4) is 0 Å². The summed E-state index contributed by atoms with van der Waals surface area (Å²) in [6, 6.07) is 0. The van der Waals surface area contributed by atoms with Gasteiger partial charge >= 0.3 is 23.9 Å². The van der Waals surface area contributed by atoms with Crippen molar-refractivity contribution in [3.63, 3.8) is 0 Å². The zero-order valence-electron chi connectivity index (χ0n) is 20.5. The lowest BCUT2D eigenvalue weighted by atomic mass is 10.2. The Morgan fingerprint density at radius 1 is 0.556 bits per heavy atom. The maximum Gasteiger partial charge on any atom is 0.317 e. The molecule has 0 aromatic carbocycles. The molecule has 6 N–H and O–H groups in total. The smallest absolute Gasteiger partial charge is 0.317 e. The molecule has 0 radical (unpaired) electrons. The fourth-order valence-corrected chi connectivity index (χ4v) is 3.23. The Kier molecular flexibility index (Phi) is 17.2. The lowest BCUT2D eigenvalue weighted by molar-refractivity contribution is -0.143. The van der Waals surface area contributed by atoms with Gasteiger partial charge in [-0.1, -0.05) is 6.42 Å². The quantitative estimate of drug-likeness (QED) is 0.0827. The molecule has 0 aliphatic rings. The third-order valence-electron chi connectivity index (χ3n) is 4.95. The van der Waals surface area contributed by atoms with Crippen LogP contribution in [0.15, 0.2) is 0 Å². The zero-order chi connectivity index (χ0) is 27.5. The first-order chi connectivity index (χ1) is 16.9. The second-order valence-electron chi connectivity index (χ2n) is 8.11. The largest absolute Gasteiger partial charge is 0.480 e. The Bertz CT molecular complexity index is 677. The molecule has 0 fully saturated rings. The number of nitrogens with zero attached hydrogens (tertiary/aromatic N) is 3. The third-order valence-corrected chi connectivity index (χ3v) is 4.95. The van der Waals surface area contributed by atoms with Crippen LogP contribution in [-0.2, 0) is 28.8 Å². The van der Waals surface area contributed by atoms with E-state index in [1.807, 2.05) is 0 Å². The highest BCUT2D eigenvalue weighted by atomic mass is 16.4. The Balaban J connectivity index is 4.98. The topological polar surface area (TPSA) is 217 Å². The Morgan fingerprint density at radius 2 is 0.972 bits per heavy atom. The van der Waals surface area contributed by atoms with Gasteiger partial charge in [-0.3, -0.25) is 43.5 Å². The highest BCUT2D eigenvalue weighted by molar-refractivity contribution is 5.78. The van der Waals surface area contributed by atoms with Gasteiger partial charge in [-0.25, -0.2) is 0 Å². The molecule has 0 saturated carbocycles. The second-order valence-corrected chi connectivity index (χ2v) is 8.11. The van der Waals surface area contributed by atoms with E-state index in [9.17, 15) is 28.8 Å². The van der Waals surface area contributed by atoms with Crippen molar-refractivity contribution in [2.24, 2.45) is 0 Å². The normalized spacial score (nSPS) is 11.0. The number of rotatable bonds is 22. The minimum Gasteiger partial charge on any atom is -0.480 e. The number of unbranched alkanes of at least 4 members (excludes halogenated alkanes) is 2. The molecule has 0 saturated heterocycles. The van der Waals surface area contributed by atoms with Crippen LogP contribution in [0.1, 0.15) is 25.7 Å². The van der Waals surface area contributed by atoms with E-state index in [1.165, 1.54) is 9.80 Å². The first-order valence-electron chi connectivity index (χ1n) is 11.4. The van der Waals surface area contributed by atoms with Crippen LogP contribution in [0.3, 0.4) is 0 Å². The zero-order valence-corrected chi connectivity index (χ0v) is 20.5. The molecule has 0 atom stereocenters. The van der Waals surface area contributed by atoms with Gasteiger partial charge in [0.25, 0.3) is 0 Å². The van der Waals surface area contributed by atoms with Crippen molar-refractivity contribution >= 4 is 35.7 Å². The summed E-state index contributed by atoms with van der Waals surface area (Å²) in [6.07, 6.45) is 2.45. The van der Waals surface area contributed by atoms with E-state index in [0.29, 0.717) is 25.8 Å². The van der Waals surface area contributed by atoms with E-state index in [2.05, 4.69) is 10.6 Å². The summed E-state index contributed by atoms with van der Waals surface area (Å²) in [6.45, 7) is -1.66. The Morgan fingerprint density at radius 3 is 1.36 bits per heavy atom. The summed E-state index contributed by atoms with van der Waals surface area (Å²) in [5, 5.41) is 41.3. The number of carbonyl (C=O) groups is 6. The van der Waals surface area contributed by atoms with Gasteiger partial charge in [0.15, 0.2) is 0 Å². The fourth-order valence-electron chi connectivity index (χ4n) is 3.23. The van der Waals surface area contributed by atoms with Gasteiger partial charge in [-0.2, -0.15) is 0 Å². The lowest BCUT2D eigenvalue weighted by Crippen LogP contribution is -2.47. The molecule has 2 amide bonds. The van der Waals surface area contributed by atoms with E-state index >= 15 is 0 Å². The predicted molar refractivity (Wildman–Crippen MR) is 125 cm³/mol. The number of amides is 2. The Labute approximate surface area is 209 Å². The molecule has 0 spiro atoms. The molecule has 0 aromatic rings. The second kappa shape index (κ2) is 19.0. The van der Waals surface area contributed by atoms with Crippen LogP contribution in [0, 0.1) is 0 Å². The Hall–Kier alpha value is -3.30. The molecule has 15 heteroatoms. The molecule has 0 aromatic heterocycles. The lowest BCUT2D eigenvalue weighted by Gasteiger charge is -2.28. The molecule has 0 heterocycles. The molecule has 0 rings (SSSR count). The van der Waals surface area contributed by atoms with Crippen molar-refractivity contribution in [3.05, 3.63) is 0 Å². The highest BCUT2D eigenvalue weighted by Crippen LogP contribution is 2.00. The van der Waals surface area contributed by atoms with E-state index in [1.54, 1.807) is 11.9 Å². The summed E-state index contributed by atoms with van der Waals surface area (Å²) in [4.78, 5) is 71.7. The summed E-state index contributed by atoms with van der Waals surface area (Å²) in [5.74, 6) is -5.28. The molecule has 36 heavy (non-hydrogen) atoms. The predicted octanol–water partition coefficient (Wildman–Crippen LogP) is -2.35. The van der Waals surface area contributed by atoms with Gasteiger partial charge in [0.2, 0.25) is 11.8 Å². The van der Waals surface area contributed by atoms with Gasteiger partial charge in [0.1, 0.15) is 0 Å². The third kappa shape index (κ3) is 19.1. The number of carbonyl (C=O) groups excluding carboxylic acids is 2. The van der Waals surface area contributed by atoms with Gasteiger partial charge < -0.3 is 31.1 Å². The summed E-state index contributed by atoms with van der Waals surface area (Å²) in [5.41, 5.74) is 0. The van der Waals surface area contributed by atoms with Gasteiger partial charge in [0.05, 0.1) is 32.7 Å². The van der Waals surface area contributed by atoms with E-state index in [-0.39, 0.29) is 44.5 Å². The maximum atomic E-state index is 12.4. The van der Waals surface area contributed by atoms with Crippen LogP contribution in [0.2, 0.25) is 0 Å². The monoisotopic (exact) mass is 519 g/mol. The van der Waals surface area contributed by atoms with Crippen LogP contribution in [-0.4, -0.2) is 143 Å². The molecule has 0 aliphatic heterocycles. The van der Waals surface area contributed by atoms with E-state index in [0.717, 1.165) is 6.42 Å². The van der Waals surface area contributed by atoms with Crippen molar-refractivity contribution in [1.82, 2.24) is 25.3 Å². The molecule has 0 bridgehead atoms. The number of hydrogen-bond donors (Lipinski definition) is 6. The molecular weight excluding hydrogens is 482 g/mol. The summed E-state index contributed by atoms with van der Waals surface area (Å²) in [7, 11) is 1.55. The standard InChI is InChI=1S/C21H37N5O10/c1-22-16(27)5-3-2-4-6-23-17(28)11-24(7-9-25(12-18(29)30)13-19(31)32)8-10-26(14-20(33)34)15-21(35)36/h2-15H2,1H3,(H,22,27)(H,23,28)(H,29,30)(H,31,32)(H,33,34)(H,35,36). The van der Waals surface area contributed by atoms with E-state index in [4.69, 9.17) is 20.4 Å². The maximum absolute atomic E-state index is 12.4. The minimum absolute atomic E-state index is 0.00321. The van der Waals surface area contributed by atoms with Gasteiger partial charge in [0, 0.05) is 46.2 Å². The molecule has 0 unspecified atom stereocenters. The SMILES string of the molecule is CNC(=O)CCCCCNC(=O)CN(CCN(CC(=O)O)CC(=O)O)CCN(CC(=O)O)CC(=O)O. The first-order valence-corrected chi connectivity index (χ1v) is 11.4. The summed E-state index contributed by atoms with van der Waals surface area (Å²) >= 11 is 0. The van der Waals surface area contributed by atoms with Crippen LogP contribution >= 0.6 is 0 Å². The minimum atomic E-state index is -1.22. The van der Waals surface area contributed by atoms with Gasteiger partial charge in [-0.05, 0) is 12.8 Å². The van der Waals surface area contributed by atoms with Crippen molar-refractivity contribution in [2.75, 3.05) is 72.5 Å². The van der Waals surface area contributed by atoms with Gasteiger partial charge in [-0.15, -0.1) is 0 Å². The molecular formula is C21H37N5O10. The van der Waals surface area contributed by atoms with E-state index < -0.39 is 50.1 Å². The number of aliphatic carboxylic acids is 4. The van der Waals surface area contributed by atoms with Crippen LogP contribution in [0.25, 0.3) is 0 Å². The van der Waals surface area contributed by atoms with Crippen LogP contribution < -0.4 is 10.6 Å². The summed E-state index contributed by atoms with van der Waals surface area (Å²) < 4.78 is 0. The average molecular weight is 520 g/mol. The van der Waals surface area contributed by atoms with Crippen molar-refractivity contribution in [1.29, 1.82) is 0 Å². The molecule has 15 nitrogen and oxygen atoms in total. The number of hydrogen-bond acceptors (Lipinski definition) is 9. The van der Waals surface area contributed by atoms with Crippen molar-refractivity contribution in [2.45, 2.75) is 25.7 Å². The highest BCUT2D eigenvalue weighted by Gasteiger charge is 2.19. The number of carboxylic acid groups (broad SMARTS) is 4. The van der Waals surface area contributed by atoms with Crippen molar-refractivity contribution < 1.29 is 49.2 Å².